The summed E-state index contributed by atoms with van der Waals surface area (Å²) < 4.78 is 22.9. The van der Waals surface area contributed by atoms with Crippen molar-refractivity contribution in [3.63, 3.8) is 0 Å². The van der Waals surface area contributed by atoms with Gasteiger partial charge in [0.1, 0.15) is 9.84 Å². The van der Waals surface area contributed by atoms with Crippen LogP contribution in [0, 0.1) is 0 Å². The molecule has 0 saturated heterocycles. The van der Waals surface area contributed by atoms with E-state index in [2.05, 4.69) is 25.9 Å². The van der Waals surface area contributed by atoms with Gasteiger partial charge in [-0.2, -0.15) is 0 Å². The number of imidazole rings is 1. The van der Waals surface area contributed by atoms with Crippen LogP contribution in [0.15, 0.2) is 21.4 Å². The van der Waals surface area contributed by atoms with E-state index in [-0.39, 0.29) is 11.4 Å². The zero-order valence-corrected chi connectivity index (χ0v) is 11.8. The van der Waals surface area contributed by atoms with Crippen LogP contribution in [-0.2, 0) is 9.84 Å². The van der Waals surface area contributed by atoms with E-state index in [4.69, 9.17) is 0 Å². The van der Waals surface area contributed by atoms with Crippen LogP contribution in [0.25, 0.3) is 11.0 Å². The van der Waals surface area contributed by atoms with Crippen molar-refractivity contribution in [2.75, 3.05) is 12.0 Å². The van der Waals surface area contributed by atoms with Crippen molar-refractivity contribution in [1.82, 2.24) is 9.97 Å². The van der Waals surface area contributed by atoms with Gasteiger partial charge >= 0.3 is 5.69 Å². The van der Waals surface area contributed by atoms with Crippen LogP contribution in [0.3, 0.4) is 0 Å². The van der Waals surface area contributed by atoms with Crippen LogP contribution in [0.2, 0.25) is 0 Å². The number of aromatic nitrogens is 2. The molecule has 0 spiro atoms. The molecule has 8 heteroatoms. The molecule has 0 aliphatic heterocycles. The number of halogens is 1. The van der Waals surface area contributed by atoms with Crippen LogP contribution in [0.5, 0.6) is 0 Å². The Morgan fingerprint density at radius 3 is 2.44 bits per heavy atom. The summed E-state index contributed by atoms with van der Waals surface area (Å²) in [6, 6.07) is 3.17. The highest BCUT2D eigenvalue weighted by molar-refractivity contribution is 9.10. The van der Waals surface area contributed by atoms with Gasteiger partial charge in [-0.1, -0.05) is 15.9 Å². The second-order valence-corrected chi connectivity index (χ2v) is 7.15. The van der Waals surface area contributed by atoms with E-state index in [0.29, 0.717) is 21.1 Å². The van der Waals surface area contributed by atoms with Gasteiger partial charge < -0.3 is 15.1 Å². The maximum atomic E-state index is 11.2. The van der Waals surface area contributed by atoms with Crippen molar-refractivity contribution in [3.8, 4) is 0 Å². The molecule has 0 bridgehead atoms. The molecule has 18 heavy (non-hydrogen) atoms. The van der Waals surface area contributed by atoms with Gasteiger partial charge in [-0.15, -0.1) is 0 Å². The number of benzene rings is 1. The van der Waals surface area contributed by atoms with Gasteiger partial charge in [0.05, 0.1) is 22.9 Å². The largest absolute Gasteiger partial charge is 0.387 e. The fourth-order valence-electron chi connectivity index (χ4n) is 1.70. The molecule has 0 saturated carbocycles. The quantitative estimate of drug-likeness (QED) is 0.768. The monoisotopic (exact) mass is 334 g/mol. The average molecular weight is 335 g/mol. The van der Waals surface area contributed by atoms with Crippen molar-refractivity contribution in [2.24, 2.45) is 0 Å². The van der Waals surface area contributed by atoms with Crippen molar-refractivity contribution in [2.45, 2.75) is 6.10 Å². The smallest absolute Gasteiger partial charge is 0.323 e. The Labute approximate surface area is 111 Å². The summed E-state index contributed by atoms with van der Waals surface area (Å²) in [5.74, 6) is -0.369. The second kappa shape index (κ2) is 4.52. The average Bonchev–Trinajstić information content (AvgIpc) is 2.53. The van der Waals surface area contributed by atoms with Gasteiger partial charge in [0.2, 0.25) is 0 Å². The minimum atomic E-state index is -3.29. The topological polar surface area (TPSA) is 103 Å². The fraction of sp³-hybridized carbons (Fsp3) is 0.300. The Morgan fingerprint density at radius 2 is 1.89 bits per heavy atom. The Morgan fingerprint density at radius 1 is 1.33 bits per heavy atom. The summed E-state index contributed by atoms with van der Waals surface area (Å²) in [5, 5.41) is 9.89. The number of aliphatic hydroxyl groups excluding tert-OH is 1. The molecule has 1 aromatic carbocycles. The van der Waals surface area contributed by atoms with E-state index < -0.39 is 15.9 Å². The molecule has 0 fully saturated rings. The lowest BCUT2D eigenvalue weighted by Gasteiger charge is -2.11. The molecule has 98 valence electrons. The van der Waals surface area contributed by atoms with Crippen LogP contribution in [0.1, 0.15) is 11.7 Å². The number of hydrogen-bond acceptors (Lipinski definition) is 4. The summed E-state index contributed by atoms with van der Waals surface area (Å²) in [6.07, 6.45) is -0.0851. The molecular formula is C10H11BrN2O4S. The first-order chi connectivity index (χ1) is 8.26. The standard InChI is InChI=1S/C10H11BrN2O4S/c1-18(16,17)4-9(14)5-2-7-8(3-6(5)11)13-10(15)12-7/h2-3,9,14H,4H2,1H3,(H2,12,13,15). The Kier molecular flexibility index (Phi) is 3.35. The summed E-state index contributed by atoms with van der Waals surface area (Å²) >= 11 is 3.24. The molecule has 1 atom stereocenters. The molecule has 0 amide bonds. The Balaban J connectivity index is 2.50. The van der Waals surface area contributed by atoms with E-state index in [0.717, 1.165) is 6.26 Å². The number of aromatic amines is 2. The first kappa shape index (κ1) is 13.3. The van der Waals surface area contributed by atoms with E-state index in [1.54, 1.807) is 12.1 Å². The normalized spacial score (nSPS) is 13.9. The van der Waals surface area contributed by atoms with Crippen LogP contribution in [0.4, 0.5) is 0 Å². The van der Waals surface area contributed by atoms with E-state index in [9.17, 15) is 18.3 Å². The molecule has 0 radical (unpaired) electrons. The SMILES string of the molecule is CS(=O)(=O)CC(O)c1cc2[nH]c(=O)[nH]c2cc1Br. The van der Waals surface area contributed by atoms with E-state index in [1.165, 1.54) is 0 Å². The molecule has 2 rings (SSSR count). The maximum absolute atomic E-state index is 11.2. The summed E-state index contributed by atoms with van der Waals surface area (Å²) in [7, 11) is -3.29. The zero-order chi connectivity index (χ0) is 13.5. The second-order valence-electron chi connectivity index (χ2n) is 4.11. The van der Waals surface area contributed by atoms with Gasteiger partial charge in [0.15, 0.2) is 0 Å². The fourth-order valence-corrected chi connectivity index (χ4v) is 3.07. The van der Waals surface area contributed by atoms with Gasteiger partial charge in [-0.25, -0.2) is 13.2 Å². The highest BCUT2D eigenvalue weighted by Crippen LogP contribution is 2.27. The third-order valence-corrected chi connectivity index (χ3v) is 4.06. The molecular weight excluding hydrogens is 324 g/mol. The predicted octanol–water partition coefficient (Wildman–Crippen LogP) is 0.697. The number of fused-ring (bicyclic) bond motifs is 1. The lowest BCUT2D eigenvalue weighted by atomic mass is 10.1. The third kappa shape index (κ3) is 2.82. The molecule has 1 heterocycles. The molecule has 1 unspecified atom stereocenters. The minimum Gasteiger partial charge on any atom is -0.387 e. The van der Waals surface area contributed by atoms with Gasteiger partial charge in [-0.3, -0.25) is 0 Å². The van der Waals surface area contributed by atoms with E-state index >= 15 is 0 Å². The number of sulfone groups is 1. The summed E-state index contributed by atoms with van der Waals surface area (Å²) in [4.78, 5) is 16.2. The zero-order valence-electron chi connectivity index (χ0n) is 9.40. The van der Waals surface area contributed by atoms with Crippen LogP contribution in [-0.4, -0.2) is 35.5 Å². The molecule has 0 aliphatic carbocycles. The first-order valence-electron chi connectivity index (χ1n) is 5.03. The molecule has 2 aromatic rings. The predicted molar refractivity (Wildman–Crippen MR) is 71.3 cm³/mol. The molecule has 3 N–H and O–H groups in total. The maximum Gasteiger partial charge on any atom is 0.323 e. The summed E-state index contributed by atoms with van der Waals surface area (Å²) in [5.41, 5.74) is 1.17. The third-order valence-electron chi connectivity index (χ3n) is 2.45. The van der Waals surface area contributed by atoms with Gasteiger partial charge in [-0.05, 0) is 17.7 Å². The first-order valence-corrected chi connectivity index (χ1v) is 7.89. The highest BCUT2D eigenvalue weighted by atomic mass is 79.9. The Bertz CT molecular complexity index is 747. The minimum absolute atomic E-state index is 0.355. The van der Waals surface area contributed by atoms with Crippen LogP contribution >= 0.6 is 15.9 Å². The Hall–Kier alpha value is -1.12. The lowest BCUT2D eigenvalue weighted by Crippen LogP contribution is -2.13. The van der Waals surface area contributed by atoms with Crippen molar-refractivity contribution in [3.05, 3.63) is 32.7 Å². The number of hydrogen-bond donors (Lipinski definition) is 3. The summed E-state index contributed by atoms with van der Waals surface area (Å²) in [6.45, 7) is 0. The molecule has 6 nitrogen and oxygen atoms in total. The lowest BCUT2D eigenvalue weighted by molar-refractivity contribution is 0.201. The highest BCUT2D eigenvalue weighted by Gasteiger charge is 2.18. The van der Waals surface area contributed by atoms with Crippen LogP contribution < -0.4 is 5.69 Å². The number of nitrogens with one attached hydrogen (secondary N) is 2. The van der Waals surface area contributed by atoms with Crippen molar-refractivity contribution in [1.29, 1.82) is 0 Å². The number of aliphatic hydroxyl groups is 1. The van der Waals surface area contributed by atoms with Gasteiger partial charge in [0, 0.05) is 10.7 Å². The van der Waals surface area contributed by atoms with Crippen molar-refractivity contribution < 1.29 is 13.5 Å². The number of H-pyrrole nitrogens is 2. The molecule has 0 aliphatic rings. The van der Waals surface area contributed by atoms with Crippen molar-refractivity contribution >= 4 is 36.8 Å². The van der Waals surface area contributed by atoms with E-state index in [1.807, 2.05) is 0 Å². The van der Waals surface area contributed by atoms with Gasteiger partial charge in [0.25, 0.3) is 0 Å². The molecule has 1 aromatic heterocycles. The number of rotatable bonds is 3.